The van der Waals surface area contributed by atoms with E-state index < -0.39 is 0 Å². The van der Waals surface area contributed by atoms with Crippen LogP contribution in [0.3, 0.4) is 0 Å². The minimum absolute atomic E-state index is 0.238. The van der Waals surface area contributed by atoms with Crippen molar-refractivity contribution >= 4 is 5.91 Å². The van der Waals surface area contributed by atoms with Crippen LogP contribution < -0.4 is 10.6 Å². The maximum absolute atomic E-state index is 14.2. The molecule has 0 saturated carbocycles. The van der Waals surface area contributed by atoms with Gasteiger partial charge in [0.25, 0.3) is 5.91 Å². The molecule has 0 radical (unpaired) electrons. The minimum Gasteiger partial charge on any atom is -0.384 e. The number of amides is 1. The number of halogens is 1. The number of rotatable bonds is 3. The molecule has 106 valence electrons. The summed E-state index contributed by atoms with van der Waals surface area (Å²) in [4.78, 5) is 13.8. The van der Waals surface area contributed by atoms with Crippen LogP contribution in [0.2, 0.25) is 0 Å². The second-order valence-corrected chi connectivity index (χ2v) is 5.25. The predicted octanol–water partition coefficient (Wildman–Crippen LogP) is 1.03. The van der Waals surface area contributed by atoms with Crippen molar-refractivity contribution in [3.05, 3.63) is 46.4 Å². The molecule has 0 aliphatic carbocycles. The first-order chi connectivity index (χ1) is 9.67. The highest BCUT2D eigenvalue weighted by Gasteiger charge is 2.22. The highest BCUT2D eigenvalue weighted by atomic mass is 19.1. The topological polar surface area (TPSA) is 44.4 Å². The van der Waals surface area contributed by atoms with Crippen LogP contribution in [0.5, 0.6) is 0 Å². The Kier molecular flexibility index (Phi) is 3.44. The van der Waals surface area contributed by atoms with Crippen LogP contribution in [0.25, 0.3) is 0 Å². The summed E-state index contributed by atoms with van der Waals surface area (Å²) in [5.41, 5.74) is 3.30. The molecule has 1 aromatic rings. The third kappa shape index (κ3) is 2.41. The van der Waals surface area contributed by atoms with Gasteiger partial charge < -0.3 is 10.6 Å². The summed E-state index contributed by atoms with van der Waals surface area (Å²) in [5, 5.41) is 5.77. The lowest BCUT2D eigenvalue weighted by Gasteiger charge is -2.32. The third-order valence-electron chi connectivity index (χ3n) is 3.93. The zero-order valence-electron chi connectivity index (χ0n) is 11.5. The average molecular weight is 275 g/mol. The van der Waals surface area contributed by atoms with Gasteiger partial charge in [-0.2, -0.15) is 0 Å². The van der Waals surface area contributed by atoms with Crippen molar-refractivity contribution in [2.45, 2.75) is 13.0 Å². The van der Waals surface area contributed by atoms with Crippen molar-refractivity contribution in [1.82, 2.24) is 15.5 Å². The lowest BCUT2D eigenvalue weighted by molar-refractivity contribution is 0.0962. The molecule has 0 unspecified atom stereocenters. The first-order valence-corrected chi connectivity index (χ1v) is 6.86. The van der Waals surface area contributed by atoms with Crippen molar-refractivity contribution in [2.75, 3.05) is 26.7 Å². The summed E-state index contributed by atoms with van der Waals surface area (Å²) in [5.74, 6) is -0.515. The Morgan fingerprint density at radius 2 is 2.30 bits per heavy atom. The fraction of sp³-hybridized carbons (Fsp3) is 0.400. The maximum atomic E-state index is 14.2. The normalized spacial score (nSPS) is 17.6. The number of fused-ring (bicyclic) bond motifs is 1. The van der Waals surface area contributed by atoms with Gasteiger partial charge in [-0.3, -0.25) is 9.69 Å². The molecule has 4 nitrogen and oxygen atoms in total. The maximum Gasteiger partial charge on any atom is 0.251 e. The molecule has 1 amide bonds. The SMILES string of the molecule is CNC(=O)c1cc(F)c2c(c1)CCN(CC1=CCN1)C2. The van der Waals surface area contributed by atoms with Gasteiger partial charge in [-0.25, -0.2) is 4.39 Å². The zero-order chi connectivity index (χ0) is 14.1. The molecule has 0 aromatic heterocycles. The number of carbonyl (C=O) groups is 1. The van der Waals surface area contributed by atoms with E-state index in [0.29, 0.717) is 12.1 Å². The van der Waals surface area contributed by atoms with E-state index >= 15 is 0 Å². The summed E-state index contributed by atoms with van der Waals surface area (Å²) in [6.45, 7) is 3.27. The van der Waals surface area contributed by atoms with Crippen molar-refractivity contribution in [2.24, 2.45) is 0 Å². The van der Waals surface area contributed by atoms with Gasteiger partial charge in [0.2, 0.25) is 0 Å². The molecule has 2 aliphatic heterocycles. The Morgan fingerprint density at radius 3 is 2.95 bits per heavy atom. The second kappa shape index (κ2) is 5.25. The van der Waals surface area contributed by atoms with Crippen LogP contribution in [-0.2, 0) is 13.0 Å². The van der Waals surface area contributed by atoms with Crippen molar-refractivity contribution in [3.63, 3.8) is 0 Å². The smallest absolute Gasteiger partial charge is 0.251 e. The van der Waals surface area contributed by atoms with Gasteiger partial charge in [-0.05, 0) is 30.2 Å². The molecule has 2 heterocycles. The molecule has 0 fully saturated rings. The summed E-state index contributed by atoms with van der Waals surface area (Å²) >= 11 is 0. The van der Waals surface area contributed by atoms with E-state index in [9.17, 15) is 9.18 Å². The van der Waals surface area contributed by atoms with Gasteiger partial charge in [-0.1, -0.05) is 0 Å². The van der Waals surface area contributed by atoms with E-state index in [-0.39, 0.29) is 11.7 Å². The predicted molar refractivity (Wildman–Crippen MR) is 74.9 cm³/mol. The molecule has 1 aromatic carbocycles. The zero-order valence-corrected chi connectivity index (χ0v) is 11.5. The van der Waals surface area contributed by atoms with E-state index in [1.54, 1.807) is 7.05 Å². The lowest BCUT2D eigenvalue weighted by Crippen LogP contribution is -2.38. The number of nitrogens with zero attached hydrogens (tertiary/aromatic N) is 1. The average Bonchev–Trinajstić information content (AvgIpc) is 2.42. The Labute approximate surface area is 117 Å². The molecule has 0 spiro atoms. The number of hydrogen-bond acceptors (Lipinski definition) is 3. The first-order valence-electron chi connectivity index (χ1n) is 6.86. The van der Waals surface area contributed by atoms with Crippen LogP contribution >= 0.6 is 0 Å². The quantitative estimate of drug-likeness (QED) is 0.866. The number of carbonyl (C=O) groups excluding carboxylic acids is 1. The summed E-state index contributed by atoms with van der Waals surface area (Å²) < 4.78 is 14.2. The summed E-state index contributed by atoms with van der Waals surface area (Å²) in [6, 6.07) is 3.15. The Balaban J connectivity index is 1.81. The lowest BCUT2D eigenvalue weighted by atomic mass is 9.96. The molecule has 2 N–H and O–H groups in total. The van der Waals surface area contributed by atoms with Gasteiger partial charge in [0.05, 0.1) is 0 Å². The molecule has 0 bridgehead atoms. The fourth-order valence-corrected chi connectivity index (χ4v) is 2.69. The fourth-order valence-electron chi connectivity index (χ4n) is 2.69. The van der Waals surface area contributed by atoms with Gasteiger partial charge >= 0.3 is 0 Å². The number of nitrogens with one attached hydrogen (secondary N) is 2. The van der Waals surface area contributed by atoms with Crippen LogP contribution in [0.4, 0.5) is 4.39 Å². The molecule has 20 heavy (non-hydrogen) atoms. The monoisotopic (exact) mass is 275 g/mol. The minimum atomic E-state index is -0.277. The van der Waals surface area contributed by atoms with Crippen LogP contribution in [0.1, 0.15) is 21.5 Å². The van der Waals surface area contributed by atoms with Crippen LogP contribution in [-0.4, -0.2) is 37.5 Å². The van der Waals surface area contributed by atoms with Crippen molar-refractivity contribution < 1.29 is 9.18 Å². The van der Waals surface area contributed by atoms with Crippen LogP contribution in [0, 0.1) is 5.82 Å². The Bertz CT molecular complexity index is 583. The van der Waals surface area contributed by atoms with E-state index in [1.807, 2.05) is 6.07 Å². The van der Waals surface area contributed by atoms with Gasteiger partial charge in [-0.15, -0.1) is 0 Å². The first kappa shape index (κ1) is 13.1. The molecule has 5 heteroatoms. The summed E-state index contributed by atoms with van der Waals surface area (Å²) in [6.07, 6.45) is 2.94. The molecule has 2 aliphatic rings. The third-order valence-corrected chi connectivity index (χ3v) is 3.93. The highest BCUT2D eigenvalue weighted by molar-refractivity contribution is 5.94. The van der Waals surface area contributed by atoms with E-state index in [0.717, 1.165) is 37.2 Å². The molecule has 0 atom stereocenters. The largest absolute Gasteiger partial charge is 0.384 e. The van der Waals surface area contributed by atoms with E-state index in [4.69, 9.17) is 0 Å². The molecule has 3 rings (SSSR count). The number of hydrogen-bond donors (Lipinski definition) is 2. The van der Waals surface area contributed by atoms with Gasteiger partial charge in [0.1, 0.15) is 5.82 Å². The van der Waals surface area contributed by atoms with E-state index in [1.165, 1.54) is 11.8 Å². The van der Waals surface area contributed by atoms with Crippen molar-refractivity contribution in [3.8, 4) is 0 Å². The van der Waals surface area contributed by atoms with Gasteiger partial charge in [0.15, 0.2) is 0 Å². The summed E-state index contributed by atoms with van der Waals surface area (Å²) in [7, 11) is 1.56. The highest BCUT2D eigenvalue weighted by Crippen LogP contribution is 2.24. The van der Waals surface area contributed by atoms with Gasteiger partial charge in [0, 0.05) is 50.1 Å². The Hall–Kier alpha value is -1.88. The Morgan fingerprint density at radius 1 is 1.50 bits per heavy atom. The van der Waals surface area contributed by atoms with Crippen LogP contribution in [0.15, 0.2) is 23.9 Å². The molecular weight excluding hydrogens is 257 g/mol. The number of benzene rings is 1. The van der Waals surface area contributed by atoms with E-state index in [2.05, 4.69) is 21.6 Å². The second-order valence-electron chi connectivity index (χ2n) is 5.25. The van der Waals surface area contributed by atoms with Crippen molar-refractivity contribution in [1.29, 1.82) is 0 Å². The molecular formula is C15H18FN3O. The molecule has 0 saturated heterocycles. The standard InChI is InChI=1S/C15H18FN3O/c1-17-15(20)11-6-10-3-5-19(8-12-2-4-18-12)9-13(10)14(16)7-11/h2,6-7,18H,3-5,8-9H2,1H3,(H,17,20).